The number of hydrogen-bond donors (Lipinski definition) is 3. The Labute approximate surface area is 234 Å². The molecule has 2 atom stereocenters. The molecule has 0 saturated heterocycles. The van der Waals surface area contributed by atoms with Crippen LogP contribution in [0.1, 0.15) is 54.3 Å². The smallest absolute Gasteiger partial charge is 0.335 e. The van der Waals surface area contributed by atoms with Crippen molar-refractivity contribution in [1.29, 1.82) is 0 Å². The molecule has 5 nitrogen and oxygen atoms in total. The number of aliphatic hydroxyl groups is 1. The minimum atomic E-state index is -1.17. The number of ether oxygens (including phenoxy) is 1. The molecule has 4 aromatic carbocycles. The first-order valence-corrected chi connectivity index (χ1v) is 13.8. The van der Waals surface area contributed by atoms with Crippen LogP contribution in [-0.4, -0.2) is 41.0 Å². The summed E-state index contributed by atoms with van der Waals surface area (Å²) in [6.45, 7) is 4.78. The van der Waals surface area contributed by atoms with Crippen molar-refractivity contribution in [2.45, 2.75) is 50.9 Å². The van der Waals surface area contributed by atoms with Gasteiger partial charge in [-0.1, -0.05) is 72.8 Å². The molecule has 0 amide bonds. The third-order valence-electron chi connectivity index (χ3n) is 7.57. The van der Waals surface area contributed by atoms with Crippen molar-refractivity contribution in [2.24, 2.45) is 5.92 Å². The monoisotopic (exact) mass is 541 g/mol. The zero-order chi connectivity index (χ0) is 28.3. The molecule has 0 aliphatic heterocycles. The molecule has 1 aliphatic rings. The Balaban J connectivity index is 1.22. The van der Waals surface area contributed by atoms with Gasteiger partial charge in [-0.2, -0.15) is 0 Å². The van der Waals surface area contributed by atoms with Crippen LogP contribution in [-0.2, 0) is 11.2 Å². The van der Waals surface area contributed by atoms with E-state index >= 15 is 0 Å². The van der Waals surface area contributed by atoms with Gasteiger partial charge in [0.1, 0.15) is 5.82 Å². The fraction of sp³-hybridized carbons (Fsp3) is 0.324. The Hall–Kier alpha value is -3.58. The summed E-state index contributed by atoms with van der Waals surface area (Å²) in [5.41, 5.74) is 2.78. The number of fused-ring (bicyclic) bond motifs is 1. The van der Waals surface area contributed by atoms with Crippen molar-refractivity contribution in [1.82, 2.24) is 5.32 Å². The van der Waals surface area contributed by atoms with Crippen molar-refractivity contribution in [3.63, 3.8) is 0 Å². The van der Waals surface area contributed by atoms with E-state index in [2.05, 4.69) is 49.5 Å². The number of β-amino-alcohol motifs (C(OH)–C–C–N with tert-alkyl or cyclic N) is 1. The first-order chi connectivity index (χ1) is 19.2. The van der Waals surface area contributed by atoms with Crippen molar-refractivity contribution in [3.05, 3.63) is 107 Å². The first kappa shape index (κ1) is 28.0. The molecular weight excluding hydrogens is 505 g/mol. The number of aromatic carboxylic acids is 1. The van der Waals surface area contributed by atoms with E-state index in [0.717, 1.165) is 30.9 Å². The summed E-state index contributed by atoms with van der Waals surface area (Å²) in [6, 6.07) is 26.3. The van der Waals surface area contributed by atoms with Gasteiger partial charge in [0, 0.05) is 17.6 Å². The van der Waals surface area contributed by atoms with Gasteiger partial charge < -0.3 is 20.3 Å². The standard InChI is InChI=1S/C34H36FNO4/c1-34(2,19-22-11-12-23-7-3-4-8-25(23)17-22)36-20-27(37)21-40-32(24-13-14-24)30-10-6-5-9-28(30)29-16-15-26(33(38)39)18-31(29)35/h3-12,15-18,24,27,32,36-37H,13-14,19-21H2,1-2H3,(H,38,39)/t27-,32?/m0/s1. The van der Waals surface area contributed by atoms with Crippen LogP contribution in [0, 0.1) is 11.7 Å². The molecule has 0 radical (unpaired) electrons. The number of nitrogens with one attached hydrogen (secondary N) is 1. The minimum absolute atomic E-state index is 0.0899. The van der Waals surface area contributed by atoms with Crippen molar-refractivity contribution >= 4 is 16.7 Å². The topological polar surface area (TPSA) is 78.8 Å². The number of aliphatic hydroxyl groups excluding tert-OH is 1. The predicted octanol–water partition coefficient (Wildman–Crippen LogP) is 6.78. The van der Waals surface area contributed by atoms with Crippen LogP contribution in [0.4, 0.5) is 4.39 Å². The molecule has 6 heteroatoms. The van der Waals surface area contributed by atoms with E-state index in [-0.39, 0.29) is 23.8 Å². The number of carboxylic acid groups (broad SMARTS) is 1. The van der Waals surface area contributed by atoms with Gasteiger partial charge in [0.05, 0.1) is 24.4 Å². The molecule has 0 bridgehead atoms. The molecule has 40 heavy (non-hydrogen) atoms. The van der Waals surface area contributed by atoms with Gasteiger partial charge in [0.25, 0.3) is 0 Å². The Morgan fingerprint density at radius 3 is 2.42 bits per heavy atom. The highest BCUT2D eigenvalue weighted by Crippen LogP contribution is 2.46. The van der Waals surface area contributed by atoms with Crippen LogP contribution in [0.15, 0.2) is 84.9 Å². The second kappa shape index (κ2) is 11.9. The highest BCUT2D eigenvalue weighted by Gasteiger charge is 2.35. The number of carboxylic acids is 1. The predicted molar refractivity (Wildman–Crippen MR) is 156 cm³/mol. The van der Waals surface area contributed by atoms with Crippen LogP contribution < -0.4 is 5.32 Å². The normalized spacial score (nSPS) is 15.2. The second-order valence-electron chi connectivity index (χ2n) is 11.5. The molecule has 0 spiro atoms. The molecule has 3 N–H and O–H groups in total. The quantitative estimate of drug-likeness (QED) is 0.184. The van der Waals surface area contributed by atoms with Crippen LogP contribution in [0.25, 0.3) is 21.9 Å². The van der Waals surface area contributed by atoms with E-state index in [1.807, 2.05) is 36.4 Å². The Morgan fingerprint density at radius 2 is 1.70 bits per heavy atom. The summed E-state index contributed by atoms with van der Waals surface area (Å²) in [5.74, 6) is -1.45. The highest BCUT2D eigenvalue weighted by atomic mass is 19.1. The molecule has 4 aromatic rings. The summed E-state index contributed by atoms with van der Waals surface area (Å²) in [6.07, 6.45) is 1.83. The van der Waals surface area contributed by atoms with Gasteiger partial charge in [-0.05, 0) is 78.6 Å². The second-order valence-corrected chi connectivity index (χ2v) is 11.5. The Bertz CT molecular complexity index is 1500. The Kier molecular flexibility index (Phi) is 8.31. The third-order valence-corrected chi connectivity index (χ3v) is 7.57. The molecule has 0 heterocycles. The number of carbonyl (C=O) groups is 1. The molecule has 208 valence electrons. The van der Waals surface area contributed by atoms with Crippen LogP contribution in [0.5, 0.6) is 0 Å². The highest BCUT2D eigenvalue weighted by molar-refractivity contribution is 5.88. The molecule has 1 aliphatic carbocycles. The third kappa shape index (κ3) is 6.76. The molecule has 0 aromatic heterocycles. The zero-order valence-corrected chi connectivity index (χ0v) is 22.9. The van der Waals surface area contributed by atoms with E-state index in [9.17, 15) is 19.4 Å². The van der Waals surface area contributed by atoms with E-state index in [1.54, 1.807) is 0 Å². The summed E-state index contributed by atoms with van der Waals surface area (Å²) < 4.78 is 21.3. The van der Waals surface area contributed by atoms with Crippen molar-refractivity contribution in [2.75, 3.05) is 13.2 Å². The summed E-state index contributed by atoms with van der Waals surface area (Å²) in [5, 5.41) is 26.0. The fourth-order valence-corrected chi connectivity index (χ4v) is 5.33. The molecule has 1 unspecified atom stereocenters. The average molecular weight is 542 g/mol. The number of rotatable bonds is 12. The van der Waals surface area contributed by atoms with Crippen LogP contribution in [0.2, 0.25) is 0 Å². The minimum Gasteiger partial charge on any atom is -0.478 e. The van der Waals surface area contributed by atoms with Crippen LogP contribution in [0.3, 0.4) is 0 Å². The Morgan fingerprint density at radius 1 is 0.975 bits per heavy atom. The van der Waals surface area contributed by atoms with Gasteiger partial charge in [0.15, 0.2) is 0 Å². The van der Waals surface area contributed by atoms with Gasteiger partial charge in [-0.3, -0.25) is 0 Å². The maximum absolute atomic E-state index is 15.0. The largest absolute Gasteiger partial charge is 0.478 e. The molecule has 1 fully saturated rings. The lowest BCUT2D eigenvalue weighted by Crippen LogP contribution is -2.46. The maximum atomic E-state index is 15.0. The molecule has 5 rings (SSSR count). The van der Waals surface area contributed by atoms with Gasteiger partial charge >= 0.3 is 5.97 Å². The average Bonchev–Trinajstić information content (AvgIpc) is 3.77. The van der Waals surface area contributed by atoms with Crippen molar-refractivity contribution in [3.8, 4) is 11.1 Å². The molecular formula is C34H36FNO4. The van der Waals surface area contributed by atoms with Gasteiger partial charge in [-0.15, -0.1) is 0 Å². The number of halogens is 1. The lowest BCUT2D eigenvalue weighted by atomic mass is 9.93. The summed E-state index contributed by atoms with van der Waals surface area (Å²) in [4.78, 5) is 11.3. The molecule has 1 saturated carbocycles. The van der Waals surface area contributed by atoms with Gasteiger partial charge in [0.2, 0.25) is 0 Å². The summed E-state index contributed by atoms with van der Waals surface area (Å²) >= 11 is 0. The number of hydrogen-bond acceptors (Lipinski definition) is 4. The summed E-state index contributed by atoms with van der Waals surface area (Å²) in [7, 11) is 0. The lowest BCUT2D eigenvalue weighted by molar-refractivity contribution is -0.0209. The SMILES string of the molecule is CC(C)(Cc1ccc2ccccc2c1)NC[C@H](O)COC(c1ccccc1-c1ccc(C(=O)O)cc1F)C1CC1. The van der Waals surface area contributed by atoms with E-state index < -0.39 is 17.9 Å². The van der Waals surface area contributed by atoms with E-state index in [1.165, 1.54) is 28.5 Å². The maximum Gasteiger partial charge on any atom is 0.335 e. The zero-order valence-electron chi connectivity index (χ0n) is 22.9. The first-order valence-electron chi connectivity index (χ1n) is 13.8. The van der Waals surface area contributed by atoms with Crippen LogP contribution >= 0.6 is 0 Å². The van der Waals surface area contributed by atoms with E-state index in [4.69, 9.17) is 4.74 Å². The van der Waals surface area contributed by atoms with Gasteiger partial charge in [-0.25, -0.2) is 9.18 Å². The number of benzene rings is 4. The van der Waals surface area contributed by atoms with Crippen molar-refractivity contribution < 1.29 is 24.1 Å². The fourth-order valence-electron chi connectivity index (χ4n) is 5.33. The van der Waals surface area contributed by atoms with E-state index in [0.29, 0.717) is 23.6 Å². The lowest BCUT2D eigenvalue weighted by Gasteiger charge is -2.29.